The quantitative estimate of drug-likeness (QED) is 0.350. The van der Waals surface area contributed by atoms with Crippen LogP contribution in [-0.2, 0) is 14.9 Å². The van der Waals surface area contributed by atoms with E-state index in [9.17, 15) is 18.3 Å². The maximum atomic E-state index is 12.0. The number of carbonyl (C=O) groups is 1. The van der Waals surface area contributed by atoms with Gasteiger partial charge in [-0.15, -0.1) is 11.3 Å². The molecule has 1 heterocycles. The molecular weight excluding hydrogens is 588 g/mol. The molecule has 3 saturated carbocycles. The van der Waals surface area contributed by atoms with Crippen LogP contribution in [0, 0.1) is 28.6 Å². The number of hydrogen-bond acceptors (Lipinski definition) is 7. The second-order valence-electron chi connectivity index (χ2n) is 11.8. The molecule has 7 nitrogen and oxygen atoms in total. The van der Waals surface area contributed by atoms with Gasteiger partial charge in [-0.3, -0.25) is 9.35 Å². The van der Waals surface area contributed by atoms with Crippen LogP contribution in [0.2, 0.25) is 0 Å². The molecule has 7 atom stereocenters. The van der Waals surface area contributed by atoms with Crippen molar-refractivity contribution >= 4 is 48.3 Å². The average molecular weight is 624 g/mol. The zero-order valence-electron chi connectivity index (χ0n) is 21.6. The van der Waals surface area contributed by atoms with Crippen molar-refractivity contribution in [2.75, 3.05) is 5.73 Å². The molecule has 4 N–H and O–H groups in total. The first-order valence-electron chi connectivity index (χ1n) is 13.2. The standard InChI is InChI=1S/C22H30N2O2S.C6H5BrO3S/c1-21-8-7-13(25)9-12(21)3-4-14-15-5-6-16(17-11-27-20(23)24-17)22(15,2)10-18(26)19(14)21;7-5-1-3-6(4-2-5)11(8,9)10/h9,11,14-16,18-19,26H,3-8,10H2,1-2H3,(H2,23,24);1-4H,(H,8,9,10)/t14-,15-,16+,18-,19-,21-,22-;/m1./s1. The van der Waals surface area contributed by atoms with Crippen LogP contribution in [0.15, 0.2) is 50.7 Å². The molecule has 4 aliphatic rings. The van der Waals surface area contributed by atoms with Crippen molar-refractivity contribution < 1.29 is 22.9 Å². The molecule has 6 rings (SSSR count). The number of allylic oxidation sites excluding steroid dienone is 1. The van der Waals surface area contributed by atoms with Crippen molar-refractivity contribution in [3.63, 3.8) is 0 Å². The number of ketones is 1. The molecule has 206 valence electrons. The van der Waals surface area contributed by atoms with Crippen LogP contribution >= 0.6 is 27.3 Å². The maximum absolute atomic E-state index is 12.0. The number of nitrogen functional groups attached to an aromatic ring is 1. The van der Waals surface area contributed by atoms with Gasteiger partial charge in [-0.1, -0.05) is 35.4 Å². The summed E-state index contributed by atoms with van der Waals surface area (Å²) in [5.74, 6) is 2.16. The number of aliphatic hydroxyl groups excluding tert-OH is 1. The van der Waals surface area contributed by atoms with Crippen LogP contribution in [0.3, 0.4) is 0 Å². The summed E-state index contributed by atoms with van der Waals surface area (Å²) in [5, 5.41) is 14.2. The van der Waals surface area contributed by atoms with E-state index in [2.05, 4.69) is 40.1 Å². The van der Waals surface area contributed by atoms with E-state index in [1.54, 1.807) is 12.1 Å². The lowest BCUT2D eigenvalue weighted by Crippen LogP contribution is -2.56. The summed E-state index contributed by atoms with van der Waals surface area (Å²) in [7, 11) is -4.04. The van der Waals surface area contributed by atoms with Gasteiger partial charge in [-0.25, -0.2) is 4.98 Å². The zero-order chi connectivity index (χ0) is 27.5. The van der Waals surface area contributed by atoms with Gasteiger partial charge in [0, 0.05) is 22.2 Å². The third-order valence-electron chi connectivity index (χ3n) is 9.90. The minimum Gasteiger partial charge on any atom is -0.393 e. The van der Waals surface area contributed by atoms with Gasteiger partial charge in [0.15, 0.2) is 10.9 Å². The Kier molecular flexibility index (Phi) is 7.44. The lowest BCUT2D eigenvalue weighted by atomic mass is 9.46. The van der Waals surface area contributed by atoms with E-state index in [1.165, 1.54) is 35.5 Å². The van der Waals surface area contributed by atoms with Crippen LogP contribution < -0.4 is 5.73 Å². The molecule has 2 aromatic rings. The summed E-state index contributed by atoms with van der Waals surface area (Å²) in [6.45, 7) is 4.71. The fraction of sp³-hybridized carbons (Fsp3) is 0.571. The normalized spacial score (nSPS) is 36.3. The minimum absolute atomic E-state index is 0.000713. The highest BCUT2D eigenvalue weighted by Gasteiger charge is 2.62. The summed E-state index contributed by atoms with van der Waals surface area (Å²) >= 11 is 4.67. The van der Waals surface area contributed by atoms with Gasteiger partial charge in [0.1, 0.15) is 0 Å². The van der Waals surface area contributed by atoms with Gasteiger partial charge in [0.25, 0.3) is 10.1 Å². The van der Waals surface area contributed by atoms with Crippen molar-refractivity contribution in [3.8, 4) is 0 Å². The van der Waals surface area contributed by atoms with E-state index in [0.29, 0.717) is 35.2 Å². The summed E-state index contributed by atoms with van der Waals surface area (Å²) in [6.07, 6.45) is 8.52. The number of halogens is 1. The molecule has 0 spiro atoms. The number of benzene rings is 1. The van der Waals surface area contributed by atoms with Gasteiger partial charge in [-0.2, -0.15) is 8.42 Å². The van der Waals surface area contributed by atoms with Gasteiger partial charge in [0.05, 0.1) is 16.7 Å². The smallest absolute Gasteiger partial charge is 0.294 e. The first-order chi connectivity index (χ1) is 17.8. The number of nitrogens with zero attached hydrogens (tertiary/aromatic N) is 1. The molecule has 1 aromatic heterocycles. The van der Waals surface area contributed by atoms with E-state index in [4.69, 9.17) is 10.3 Å². The number of thiazole rings is 1. The highest BCUT2D eigenvalue weighted by atomic mass is 79.9. The molecule has 0 aliphatic heterocycles. The molecule has 4 aliphatic carbocycles. The molecule has 3 fully saturated rings. The number of anilines is 1. The van der Waals surface area contributed by atoms with E-state index < -0.39 is 10.1 Å². The van der Waals surface area contributed by atoms with Crippen molar-refractivity contribution in [1.82, 2.24) is 4.98 Å². The van der Waals surface area contributed by atoms with E-state index in [1.807, 2.05) is 6.08 Å². The van der Waals surface area contributed by atoms with Crippen LogP contribution in [0.5, 0.6) is 0 Å². The Labute approximate surface area is 236 Å². The summed E-state index contributed by atoms with van der Waals surface area (Å²) in [6, 6.07) is 5.73. The predicted octanol–water partition coefficient (Wildman–Crippen LogP) is 6.01. The molecule has 1 aromatic carbocycles. The highest BCUT2D eigenvalue weighted by Crippen LogP contribution is 2.68. The number of aromatic nitrogens is 1. The molecule has 38 heavy (non-hydrogen) atoms. The largest absolute Gasteiger partial charge is 0.393 e. The Morgan fingerprint density at radius 3 is 2.47 bits per heavy atom. The van der Waals surface area contributed by atoms with Gasteiger partial charge in [-0.05, 0) is 97.5 Å². The molecule has 0 radical (unpaired) electrons. The van der Waals surface area contributed by atoms with Crippen molar-refractivity contribution in [1.29, 1.82) is 0 Å². The lowest BCUT2D eigenvalue weighted by Gasteiger charge is -2.59. The summed E-state index contributed by atoms with van der Waals surface area (Å²) in [5.41, 5.74) is 8.47. The molecule has 0 saturated heterocycles. The maximum Gasteiger partial charge on any atom is 0.294 e. The second-order valence-corrected chi connectivity index (χ2v) is 15.1. The van der Waals surface area contributed by atoms with Crippen LogP contribution in [-0.4, -0.2) is 34.9 Å². The summed E-state index contributed by atoms with van der Waals surface area (Å²) in [4.78, 5) is 16.5. The number of aliphatic hydroxyl groups is 1. The number of hydrogen-bond donors (Lipinski definition) is 3. The van der Waals surface area contributed by atoms with Crippen molar-refractivity contribution in [3.05, 3.63) is 51.5 Å². The van der Waals surface area contributed by atoms with Crippen LogP contribution in [0.25, 0.3) is 0 Å². The summed E-state index contributed by atoms with van der Waals surface area (Å²) < 4.78 is 30.3. The number of nitrogens with two attached hydrogens (primary N) is 1. The van der Waals surface area contributed by atoms with Gasteiger partial charge >= 0.3 is 0 Å². The lowest BCUT2D eigenvalue weighted by molar-refractivity contribution is -0.129. The topological polar surface area (TPSA) is 131 Å². The third-order valence-corrected chi connectivity index (χ3v) is 12.0. The van der Waals surface area contributed by atoms with E-state index in [0.717, 1.165) is 42.3 Å². The zero-order valence-corrected chi connectivity index (χ0v) is 24.9. The molecule has 0 unspecified atom stereocenters. The minimum atomic E-state index is -4.04. The first-order valence-corrected chi connectivity index (χ1v) is 16.3. The van der Waals surface area contributed by atoms with E-state index >= 15 is 0 Å². The molecule has 0 amide bonds. The molecule has 0 bridgehead atoms. The Morgan fingerprint density at radius 1 is 1.13 bits per heavy atom. The Hall–Kier alpha value is -1.59. The fourth-order valence-electron chi connectivity index (χ4n) is 8.24. The fourth-order valence-corrected chi connectivity index (χ4v) is 9.60. The van der Waals surface area contributed by atoms with Gasteiger partial charge < -0.3 is 10.8 Å². The second kappa shape index (κ2) is 10.1. The number of carbonyl (C=O) groups excluding carboxylic acids is 1. The van der Waals surface area contributed by atoms with Crippen molar-refractivity contribution in [2.24, 2.45) is 28.6 Å². The Balaban J connectivity index is 0.000000226. The van der Waals surface area contributed by atoms with Crippen LogP contribution in [0.1, 0.15) is 70.4 Å². The third kappa shape index (κ3) is 4.91. The average Bonchev–Trinajstić information content (AvgIpc) is 3.41. The van der Waals surface area contributed by atoms with Crippen molar-refractivity contribution in [2.45, 2.75) is 75.7 Å². The molecule has 10 heteroatoms. The molecular formula is C28H35BrN2O5S2. The van der Waals surface area contributed by atoms with Gasteiger partial charge in [0.2, 0.25) is 0 Å². The SMILES string of the molecule is C[C@@]12C[C@@H](O)[C@H]3[C@H](CCC4=CC(=O)CC[C@]43C)[C@H]1CC[C@H]2c1csc(N)n1.O=S(=O)(O)c1ccc(Br)cc1. The van der Waals surface area contributed by atoms with E-state index in [-0.39, 0.29) is 27.6 Å². The Bertz CT molecular complexity index is 1360. The highest BCUT2D eigenvalue weighted by molar-refractivity contribution is 9.10. The number of fused-ring (bicyclic) bond motifs is 5. The first kappa shape index (κ1) is 28.0. The number of rotatable bonds is 2. The predicted molar refractivity (Wildman–Crippen MR) is 151 cm³/mol. The Morgan fingerprint density at radius 2 is 1.84 bits per heavy atom. The van der Waals surface area contributed by atoms with Crippen LogP contribution in [0.4, 0.5) is 5.13 Å². The monoisotopic (exact) mass is 622 g/mol.